The third kappa shape index (κ3) is 6.42. The second-order valence-electron chi connectivity index (χ2n) is 6.81. The lowest BCUT2D eigenvalue weighted by atomic mass is 9.84. The third-order valence-electron chi connectivity index (χ3n) is 4.64. The molecular formula is C19H27N3O7S. The molecule has 6 N–H and O–H groups in total. The number of ketones is 1. The second-order valence-corrected chi connectivity index (χ2v) is 8.16. The Balaban J connectivity index is 1.98. The fraction of sp³-hybridized carbons (Fsp3) is 0.474. The maximum absolute atomic E-state index is 12.5. The Morgan fingerprint density at radius 1 is 1.23 bits per heavy atom. The van der Waals surface area contributed by atoms with Gasteiger partial charge in [-0.05, 0) is 29.7 Å². The van der Waals surface area contributed by atoms with Gasteiger partial charge in [0.2, 0.25) is 5.91 Å². The molecule has 166 valence electrons. The molecule has 0 aliphatic heterocycles. The van der Waals surface area contributed by atoms with E-state index < -0.39 is 15.0 Å². The summed E-state index contributed by atoms with van der Waals surface area (Å²) in [5.41, 5.74) is 11.0. The summed E-state index contributed by atoms with van der Waals surface area (Å²) in [6.07, 6.45) is -0.179. The van der Waals surface area contributed by atoms with E-state index in [0.717, 1.165) is 0 Å². The number of benzene rings is 1. The molecule has 0 saturated carbocycles. The number of nitrogens with one attached hydrogen (secondary N) is 1. The van der Waals surface area contributed by atoms with E-state index in [9.17, 15) is 22.6 Å². The number of hydrogen-bond donors (Lipinski definition) is 3. The van der Waals surface area contributed by atoms with Gasteiger partial charge in [0.05, 0.1) is 32.8 Å². The first-order valence-corrected chi connectivity index (χ1v) is 10.9. The molecule has 0 bridgehead atoms. The zero-order valence-electron chi connectivity index (χ0n) is 16.9. The molecule has 0 unspecified atom stereocenters. The zero-order chi connectivity index (χ0) is 22.3. The van der Waals surface area contributed by atoms with Crippen molar-refractivity contribution in [2.45, 2.75) is 24.7 Å². The van der Waals surface area contributed by atoms with E-state index >= 15 is 0 Å². The van der Waals surface area contributed by atoms with Crippen molar-refractivity contribution in [3.05, 3.63) is 28.8 Å². The van der Waals surface area contributed by atoms with Crippen LogP contribution in [0.2, 0.25) is 0 Å². The lowest BCUT2D eigenvalue weighted by Crippen LogP contribution is -2.42. The minimum atomic E-state index is -4.69. The molecule has 10 nitrogen and oxygen atoms in total. The van der Waals surface area contributed by atoms with E-state index in [0.29, 0.717) is 61.8 Å². The van der Waals surface area contributed by atoms with E-state index in [-0.39, 0.29) is 30.2 Å². The van der Waals surface area contributed by atoms with Crippen LogP contribution >= 0.6 is 0 Å². The van der Waals surface area contributed by atoms with Crippen LogP contribution in [0.3, 0.4) is 0 Å². The number of hydrogen-bond acceptors (Lipinski definition) is 8. The highest BCUT2D eigenvalue weighted by molar-refractivity contribution is 7.85. The van der Waals surface area contributed by atoms with Gasteiger partial charge in [0.1, 0.15) is 20.7 Å². The largest absolute Gasteiger partial charge is 0.744 e. The van der Waals surface area contributed by atoms with Crippen LogP contribution in [0.1, 0.15) is 24.5 Å². The van der Waals surface area contributed by atoms with Crippen LogP contribution in [-0.4, -0.2) is 64.2 Å². The molecule has 30 heavy (non-hydrogen) atoms. The maximum atomic E-state index is 12.5. The number of rotatable bonds is 11. The SMILES string of the molecule is CC1=C(CC(=O)NCCOCCOCCN)C(=O)Cc2cc(S(=O)(=O)[O-])c([NH3+])cc21. The Kier molecular flexibility index (Phi) is 8.65. The maximum Gasteiger partial charge on any atom is 0.224 e. The summed E-state index contributed by atoms with van der Waals surface area (Å²) in [7, 11) is -4.69. The molecule has 11 heteroatoms. The van der Waals surface area contributed by atoms with Crippen molar-refractivity contribution < 1.29 is 37.8 Å². The highest BCUT2D eigenvalue weighted by Crippen LogP contribution is 2.34. The predicted octanol–water partition coefficient (Wildman–Crippen LogP) is -1.14. The Hall–Kier alpha value is -2.15. The Labute approximate surface area is 175 Å². The van der Waals surface area contributed by atoms with Gasteiger partial charge < -0.3 is 30.8 Å². The number of fused-ring (bicyclic) bond motifs is 1. The standard InChI is InChI=1S/C19H27N3O7S/c1-12-14-10-16(21)18(30(25,26)27)9-13(14)8-17(23)15(12)11-19(24)22-3-5-29-7-6-28-4-2-20/h9-10H,2-8,11,20-21H2,1H3,(H,22,24)(H,25,26,27). The van der Waals surface area contributed by atoms with Crippen molar-refractivity contribution in [1.29, 1.82) is 0 Å². The first-order valence-electron chi connectivity index (χ1n) is 9.45. The van der Waals surface area contributed by atoms with Crippen LogP contribution < -0.4 is 16.8 Å². The van der Waals surface area contributed by atoms with Crippen LogP contribution in [-0.2, 0) is 35.6 Å². The van der Waals surface area contributed by atoms with Gasteiger partial charge in [0.15, 0.2) is 5.78 Å². The van der Waals surface area contributed by atoms with Crippen LogP contribution in [0.25, 0.3) is 5.57 Å². The molecule has 1 aliphatic carbocycles. The molecule has 0 heterocycles. The van der Waals surface area contributed by atoms with Gasteiger partial charge in [-0.1, -0.05) is 0 Å². The summed E-state index contributed by atoms with van der Waals surface area (Å²) in [5.74, 6) is -0.604. The molecule has 1 aliphatic rings. The third-order valence-corrected chi connectivity index (χ3v) is 5.56. The molecule has 0 fully saturated rings. The van der Waals surface area contributed by atoms with Gasteiger partial charge in [-0.2, -0.15) is 0 Å². The minimum Gasteiger partial charge on any atom is -0.744 e. The molecule has 1 amide bonds. The Bertz CT molecular complexity index is 942. The van der Waals surface area contributed by atoms with Crippen molar-refractivity contribution in [3.63, 3.8) is 0 Å². The average molecular weight is 442 g/mol. The van der Waals surface area contributed by atoms with Gasteiger partial charge in [-0.25, -0.2) is 8.42 Å². The summed E-state index contributed by atoms with van der Waals surface area (Å²) in [5, 5.41) is 2.69. The summed E-state index contributed by atoms with van der Waals surface area (Å²) in [6.45, 7) is 4.02. The molecule has 2 rings (SSSR count). The number of ether oxygens (including phenoxy) is 2. The summed E-state index contributed by atoms with van der Waals surface area (Å²) in [6, 6.07) is 2.67. The molecule has 1 aromatic rings. The van der Waals surface area contributed by atoms with E-state index in [1.54, 1.807) is 6.92 Å². The number of allylic oxidation sites excluding steroid dienone is 1. The monoisotopic (exact) mass is 441 g/mol. The van der Waals surface area contributed by atoms with Crippen LogP contribution in [0, 0.1) is 0 Å². The average Bonchev–Trinajstić information content (AvgIpc) is 2.66. The summed E-state index contributed by atoms with van der Waals surface area (Å²) < 4.78 is 44.6. The van der Waals surface area contributed by atoms with Gasteiger partial charge >= 0.3 is 0 Å². The number of nitrogens with two attached hydrogens (primary N) is 1. The van der Waals surface area contributed by atoms with Crippen LogP contribution in [0.4, 0.5) is 5.69 Å². The van der Waals surface area contributed by atoms with Gasteiger partial charge in [-0.15, -0.1) is 0 Å². The number of Topliss-reactive ketones (excluding diaryl/α,β-unsaturated/α-hetero) is 1. The first kappa shape index (κ1) is 24.1. The smallest absolute Gasteiger partial charge is 0.224 e. The number of amides is 1. The van der Waals surface area contributed by atoms with E-state index in [1.165, 1.54) is 12.1 Å². The summed E-state index contributed by atoms with van der Waals surface area (Å²) >= 11 is 0. The van der Waals surface area contributed by atoms with Crippen LogP contribution in [0.15, 0.2) is 22.6 Å². The highest BCUT2D eigenvalue weighted by atomic mass is 32.2. The number of carbonyl (C=O) groups excluding carboxylic acids is 2. The molecule has 0 radical (unpaired) electrons. The van der Waals surface area contributed by atoms with Gasteiger partial charge in [0.25, 0.3) is 0 Å². The summed E-state index contributed by atoms with van der Waals surface area (Å²) in [4.78, 5) is 24.3. The first-order chi connectivity index (χ1) is 14.1. The Morgan fingerprint density at radius 3 is 2.53 bits per heavy atom. The lowest BCUT2D eigenvalue weighted by Gasteiger charge is -2.22. The van der Waals surface area contributed by atoms with Crippen molar-refractivity contribution in [2.24, 2.45) is 5.73 Å². The fourth-order valence-corrected chi connectivity index (χ4v) is 3.83. The normalized spacial score (nSPS) is 14.1. The predicted molar refractivity (Wildman–Crippen MR) is 107 cm³/mol. The van der Waals surface area contributed by atoms with Crippen molar-refractivity contribution in [1.82, 2.24) is 5.32 Å². The molecule has 0 saturated heterocycles. The van der Waals surface area contributed by atoms with Crippen molar-refractivity contribution >= 4 is 33.1 Å². The molecule has 0 spiro atoms. The topological polar surface area (TPSA) is 175 Å². The van der Waals surface area contributed by atoms with Gasteiger partial charge in [-0.3, -0.25) is 9.59 Å². The number of quaternary nitrogens is 1. The van der Waals surface area contributed by atoms with Gasteiger partial charge in [0, 0.05) is 31.1 Å². The van der Waals surface area contributed by atoms with Crippen molar-refractivity contribution in [3.8, 4) is 0 Å². The lowest BCUT2D eigenvalue weighted by molar-refractivity contribution is -0.258. The minimum absolute atomic E-state index is 0.0637. The zero-order valence-corrected chi connectivity index (χ0v) is 17.7. The van der Waals surface area contributed by atoms with E-state index in [4.69, 9.17) is 15.2 Å². The molecular weight excluding hydrogens is 414 g/mol. The Morgan fingerprint density at radius 2 is 1.90 bits per heavy atom. The van der Waals surface area contributed by atoms with E-state index in [2.05, 4.69) is 11.1 Å². The highest BCUT2D eigenvalue weighted by Gasteiger charge is 2.27. The van der Waals surface area contributed by atoms with Crippen LogP contribution in [0.5, 0.6) is 0 Å². The number of carbonyl (C=O) groups is 2. The second kappa shape index (κ2) is 10.8. The molecule has 1 aromatic carbocycles. The molecule has 0 atom stereocenters. The fourth-order valence-electron chi connectivity index (χ4n) is 3.17. The quantitative estimate of drug-likeness (QED) is 0.285. The molecule has 0 aromatic heterocycles. The van der Waals surface area contributed by atoms with E-state index in [1.807, 2.05) is 0 Å². The van der Waals surface area contributed by atoms with Crippen molar-refractivity contribution in [2.75, 3.05) is 39.5 Å².